The minimum atomic E-state index is -0.0408. The number of aromatic nitrogens is 2. The highest BCUT2D eigenvalue weighted by molar-refractivity contribution is 7.13. The number of nitrogens with zero attached hydrogens (tertiary/aromatic N) is 3. The summed E-state index contributed by atoms with van der Waals surface area (Å²) in [7, 11) is 0. The Labute approximate surface area is 186 Å². The third kappa shape index (κ3) is 5.92. The Kier molecular flexibility index (Phi) is 6.99. The molecule has 0 bridgehead atoms. The zero-order chi connectivity index (χ0) is 21.6. The molecule has 0 radical (unpaired) electrons. The minimum Gasteiger partial charge on any atom is -0.491 e. The predicted molar refractivity (Wildman–Crippen MR) is 120 cm³/mol. The second kappa shape index (κ2) is 10.1. The summed E-state index contributed by atoms with van der Waals surface area (Å²) in [5, 5.41) is 9.15. The summed E-state index contributed by atoms with van der Waals surface area (Å²) in [6.45, 7) is 6.77. The molecule has 1 fully saturated rings. The van der Waals surface area contributed by atoms with Crippen LogP contribution in [-0.2, 0) is 11.3 Å². The molecule has 0 saturated carbocycles. The van der Waals surface area contributed by atoms with E-state index in [4.69, 9.17) is 9.26 Å². The molecule has 0 spiro atoms. The zero-order valence-corrected chi connectivity index (χ0v) is 18.7. The number of carbonyl (C=O) groups excluding carboxylic acids is 1. The van der Waals surface area contributed by atoms with Crippen molar-refractivity contribution in [3.05, 3.63) is 53.2 Å². The molecule has 8 heteroatoms. The minimum absolute atomic E-state index is 0.0300. The number of benzene rings is 1. The van der Waals surface area contributed by atoms with Crippen LogP contribution in [0.4, 0.5) is 0 Å². The number of rotatable bonds is 8. The SMILES string of the molecule is Cc1ccc(OCC(C)NC(=O)C2CCN(Cc3nc(-c4cccs4)no3)CC2)cc1. The maximum absolute atomic E-state index is 12.6. The van der Waals surface area contributed by atoms with Gasteiger partial charge in [0.2, 0.25) is 17.6 Å². The predicted octanol–water partition coefficient (Wildman–Crippen LogP) is 3.90. The van der Waals surface area contributed by atoms with Gasteiger partial charge in [-0.25, -0.2) is 0 Å². The summed E-state index contributed by atoms with van der Waals surface area (Å²) in [5.74, 6) is 2.22. The second-order valence-corrected chi connectivity index (χ2v) is 9.02. The van der Waals surface area contributed by atoms with Gasteiger partial charge in [0.05, 0.1) is 17.5 Å². The molecule has 3 heterocycles. The van der Waals surface area contributed by atoms with Crippen LogP contribution in [0.1, 0.15) is 31.2 Å². The van der Waals surface area contributed by atoms with E-state index in [1.165, 1.54) is 5.56 Å². The Morgan fingerprint density at radius 3 is 2.77 bits per heavy atom. The van der Waals surface area contributed by atoms with Gasteiger partial charge in [0, 0.05) is 5.92 Å². The van der Waals surface area contributed by atoms with E-state index < -0.39 is 0 Å². The number of ether oxygens (including phenoxy) is 1. The Morgan fingerprint density at radius 2 is 2.06 bits per heavy atom. The first-order valence-electron chi connectivity index (χ1n) is 10.7. The lowest BCUT2D eigenvalue weighted by Crippen LogP contribution is -2.44. The van der Waals surface area contributed by atoms with Crippen LogP contribution in [0.2, 0.25) is 0 Å². The highest BCUT2D eigenvalue weighted by atomic mass is 32.1. The van der Waals surface area contributed by atoms with Crippen molar-refractivity contribution in [3.63, 3.8) is 0 Å². The zero-order valence-electron chi connectivity index (χ0n) is 17.9. The standard InChI is InChI=1S/C23H28N4O3S/c1-16-5-7-19(8-6-16)29-15-17(2)24-23(28)18-9-11-27(12-10-18)14-21-25-22(26-30-21)20-4-3-13-31-20/h3-8,13,17-18H,9-12,14-15H2,1-2H3,(H,24,28). The van der Waals surface area contributed by atoms with Crippen LogP contribution in [0, 0.1) is 12.8 Å². The smallest absolute Gasteiger partial charge is 0.241 e. The number of likely N-dealkylation sites (tertiary alicyclic amines) is 1. The first-order valence-corrected chi connectivity index (χ1v) is 11.5. The quantitative estimate of drug-likeness (QED) is 0.572. The van der Waals surface area contributed by atoms with Crippen molar-refractivity contribution in [2.45, 2.75) is 39.3 Å². The first-order chi connectivity index (χ1) is 15.1. The first kappa shape index (κ1) is 21.5. The maximum atomic E-state index is 12.6. The molecule has 1 aromatic carbocycles. The Balaban J connectivity index is 1.18. The number of carbonyl (C=O) groups is 1. The van der Waals surface area contributed by atoms with Crippen molar-refractivity contribution in [1.29, 1.82) is 0 Å². The van der Waals surface area contributed by atoms with E-state index in [0.29, 0.717) is 24.9 Å². The van der Waals surface area contributed by atoms with E-state index in [-0.39, 0.29) is 17.9 Å². The molecule has 1 aliphatic rings. The van der Waals surface area contributed by atoms with E-state index in [0.717, 1.165) is 36.6 Å². The fraction of sp³-hybridized carbons (Fsp3) is 0.435. The van der Waals surface area contributed by atoms with Crippen LogP contribution in [0.25, 0.3) is 10.7 Å². The summed E-state index contributed by atoms with van der Waals surface area (Å²) >= 11 is 1.59. The normalized spacial score (nSPS) is 16.2. The Hall–Kier alpha value is -2.71. The molecule has 3 aromatic rings. The lowest BCUT2D eigenvalue weighted by Gasteiger charge is -2.30. The van der Waals surface area contributed by atoms with Crippen molar-refractivity contribution >= 4 is 17.2 Å². The fourth-order valence-corrected chi connectivity index (χ4v) is 4.28. The number of thiophene rings is 1. The van der Waals surface area contributed by atoms with E-state index in [1.807, 2.05) is 55.6 Å². The topological polar surface area (TPSA) is 80.5 Å². The van der Waals surface area contributed by atoms with Crippen molar-refractivity contribution in [2.75, 3.05) is 19.7 Å². The molecule has 1 amide bonds. The molecule has 1 N–H and O–H groups in total. The summed E-state index contributed by atoms with van der Waals surface area (Å²) in [6, 6.07) is 11.9. The Morgan fingerprint density at radius 1 is 1.29 bits per heavy atom. The van der Waals surface area contributed by atoms with Gasteiger partial charge in [-0.3, -0.25) is 9.69 Å². The summed E-state index contributed by atoms with van der Waals surface area (Å²) in [5.41, 5.74) is 1.20. The van der Waals surface area contributed by atoms with Crippen molar-refractivity contribution in [1.82, 2.24) is 20.4 Å². The van der Waals surface area contributed by atoms with Gasteiger partial charge in [-0.2, -0.15) is 4.98 Å². The van der Waals surface area contributed by atoms with E-state index >= 15 is 0 Å². The van der Waals surface area contributed by atoms with Gasteiger partial charge in [0.25, 0.3) is 0 Å². The summed E-state index contributed by atoms with van der Waals surface area (Å²) < 4.78 is 11.2. The maximum Gasteiger partial charge on any atom is 0.241 e. The van der Waals surface area contributed by atoms with Gasteiger partial charge in [0.1, 0.15) is 12.4 Å². The van der Waals surface area contributed by atoms with Crippen LogP contribution in [0.3, 0.4) is 0 Å². The number of nitrogens with one attached hydrogen (secondary N) is 1. The number of aryl methyl sites for hydroxylation is 1. The number of hydrogen-bond donors (Lipinski definition) is 1. The number of hydrogen-bond acceptors (Lipinski definition) is 7. The van der Waals surface area contributed by atoms with E-state index in [1.54, 1.807) is 11.3 Å². The highest BCUT2D eigenvalue weighted by Crippen LogP contribution is 2.23. The molecule has 1 saturated heterocycles. The third-order valence-corrected chi connectivity index (χ3v) is 6.30. The molecule has 7 nitrogen and oxygen atoms in total. The van der Waals surface area contributed by atoms with Crippen molar-refractivity contribution < 1.29 is 14.1 Å². The molecule has 1 atom stereocenters. The summed E-state index contributed by atoms with van der Waals surface area (Å²) in [6.07, 6.45) is 1.65. The van der Waals surface area contributed by atoms with Crippen LogP contribution >= 0.6 is 11.3 Å². The third-order valence-electron chi connectivity index (χ3n) is 5.44. The second-order valence-electron chi connectivity index (χ2n) is 8.07. The van der Waals surface area contributed by atoms with Crippen molar-refractivity contribution in [3.8, 4) is 16.5 Å². The summed E-state index contributed by atoms with van der Waals surface area (Å²) in [4.78, 5) is 20.4. The fourth-order valence-electron chi connectivity index (χ4n) is 3.63. The Bertz CT molecular complexity index is 963. The van der Waals surface area contributed by atoms with Crippen LogP contribution in [0.15, 0.2) is 46.3 Å². The average Bonchev–Trinajstić information content (AvgIpc) is 3.46. The average molecular weight is 441 g/mol. The van der Waals surface area contributed by atoms with Gasteiger partial charge in [0.15, 0.2) is 0 Å². The molecule has 164 valence electrons. The van der Waals surface area contributed by atoms with E-state index in [9.17, 15) is 4.79 Å². The molecule has 1 aliphatic heterocycles. The van der Waals surface area contributed by atoms with Gasteiger partial charge < -0.3 is 14.6 Å². The molecular formula is C23H28N4O3S. The number of amides is 1. The lowest BCUT2D eigenvalue weighted by atomic mass is 9.95. The monoisotopic (exact) mass is 440 g/mol. The highest BCUT2D eigenvalue weighted by Gasteiger charge is 2.26. The van der Waals surface area contributed by atoms with Crippen LogP contribution in [-0.4, -0.2) is 46.7 Å². The van der Waals surface area contributed by atoms with E-state index in [2.05, 4.69) is 20.4 Å². The molecular weight excluding hydrogens is 412 g/mol. The lowest BCUT2D eigenvalue weighted by molar-refractivity contribution is -0.127. The largest absolute Gasteiger partial charge is 0.491 e. The molecule has 0 aliphatic carbocycles. The van der Waals surface area contributed by atoms with Gasteiger partial charge in [-0.05, 0) is 63.4 Å². The molecule has 2 aromatic heterocycles. The van der Waals surface area contributed by atoms with Gasteiger partial charge in [-0.15, -0.1) is 11.3 Å². The number of piperidine rings is 1. The van der Waals surface area contributed by atoms with Crippen molar-refractivity contribution in [2.24, 2.45) is 5.92 Å². The molecule has 4 rings (SSSR count). The van der Waals surface area contributed by atoms with Crippen LogP contribution < -0.4 is 10.1 Å². The van der Waals surface area contributed by atoms with Crippen LogP contribution in [0.5, 0.6) is 5.75 Å². The van der Waals surface area contributed by atoms with Gasteiger partial charge >= 0.3 is 0 Å². The molecule has 1 unspecified atom stereocenters. The van der Waals surface area contributed by atoms with Gasteiger partial charge in [-0.1, -0.05) is 28.9 Å². The molecule has 31 heavy (non-hydrogen) atoms.